The molecule has 2 aromatic carbocycles. The van der Waals surface area contributed by atoms with Gasteiger partial charge < -0.3 is 9.67 Å². The first-order valence-electron chi connectivity index (χ1n) is 6.85. The van der Waals surface area contributed by atoms with Crippen LogP contribution in [0.4, 0.5) is 0 Å². The lowest BCUT2D eigenvalue weighted by Crippen LogP contribution is -2.08. The summed E-state index contributed by atoms with van der Waals surface area (Å²) in [7, 11) is 0. The molecule has 0 fully saturated rings. The number of hydrogen-bond acceptors (Lipinski definition) is 2. The van der Waals surface area contributed by atoms with Gasteiger partial charge in [-0.15, -0.1) is 0 Å². The highest BCUT2D eigenvalue weighted by molar-refractivity contribution is 5.76. The second-order valence-electron chi connectivity index (χ2n) is 5.07. The number of aliphatic carboxylic acids is 1. The number of carboxylic acids is 1. The van der Waals surface area contributed by atoms with Crippen LogP contribution >= 0.6 is 0 Å². The average molecular weight is 280 g/mol. The molecule has 0 amide bonds. The molecule has 0 aliphatic carbocycles. The van der Waals surface area contributed by atoms with E-state index in [1.54, 1.807) is 0 Å². The summed E-state index contributed by atoms with van der Waals surface area (Å²) >= 11 is 0. The maximum Gasteiger partial charge on any atom is 0.307 e. The molecule has 1 heterocycles. The van der Waals surface area contributed by atoms with Gasteiger partial charge in [-0.1, -0.05) is 36.4 Å². The molecule has 0 saturated carbocycles. The van der Waals surface area contributed by atoms with Crippen molar-refractivity contribution in [3.05, 3.63) is 65.5 Å². The molecule has 106 valence electrons. The van der Waals surface area contributed by atoms with Crippen molar-refractivity contribution < 1.29 is 9.90 Å². The molecule has 0 spiro atoms. The van der Waals surface area contributed by atoms with Crippen molar-refractivity contribution in [2.24, 2.45) is 0 Å². The molecule has 4 heteroatoms. The van der Waals surface area contributed by atoms with E-state index in [-0.39, 0.29) is 6.42 Å². The van der Waals surface area contributed by atoms with Crippen molar-refractivity contribution in [1.82, 2.24) is 9.55 Å². The van der Waals surface area contributed by atoms with Crippen LogP contribution in [0.1, 0.15) is 17.0 Å². The molecular weight excluding hydrogens is 264 g/mol. The molecule has 4 nitrogen and oxygen atoms in total. The summed E-state index contributed by atoms with van der Waals surface area (Å²) in [5.41, 5.74) is 3.90. The molecular formula is C17H16N2O2. The number of benzene rings is 2. The zero-order valence-corrected chi connectivity index (χ0v) is 11.8. The van der Waals surface area contributed by atoms with Crippen LogP contribution in [0.15, 0.2) is 48.5 Å². The molecule has 3 rings (SSSR count). The Morgan fingerprint density at radius 3 is 2.52 bits per heavy atom. The predicted octanol–water partition coefficient (Wildman–Crippen LogP) is 3.02. The van der Waals surface area contributed by atoms with Gasteiger partial charge >= 0.3 is 5.97 Å². The lowest BCUT2D eigenvalue weighted by atomic mass is 10.0. The van der Waals surface area contributed by atoms with Crippen LogP contribution in [0.3, 0.4) is 0 Å². The minimum Gasteiger partial charge on any atom is -0.481 e. The number of nitrogens with zero attached hydrogens (tertiary/aromatic N) is 2. The molecule has 0 aliphatic rings. The topological polar surface area (TPSA) is 55.1 Å². The lowest BCUT2D eigenvalue weighted by Gasteiger charge is -2.11. The van der Waals surface area contributed by atoms with Gasteiger partial charge in [0.15, 0.2) is 0 Å². The van der Waals surface area contributed by atoms with E-state index in [2.05, 4.69) is 9.55 Å². The normalized spacial score (nSPS) is 10.9. The molecule has 1 aromatic heterocycles. The number of rotatable bonds is 4. The number of aryl methyl sites for hydroxylation is 1. The monoisotopic (exact) mass is 280 g/mol. The van der Waals surface area contributed by atoms with E-state index in [0.29, 0.717) is 6.54 Å². The number of aromatic nitrogens is 2. The average Bonchev–Trinajstić information content (AvgIpc) is 2.77. The summed E-state index contributed by atoms with van der Waals surface area (Å²) in [6.07, 6.45) is 0.0435. The van der Waals surface area contributed by atoms with E-state index in [1.165, 1.54) is 0 Å². The maximum atomic E-state index is 11.0. The predicted molar refractivity (Wildman–Crippen MR) is 81.4 cm³/mol. The van der Waals surface area contributed by atoms with Gasteiger partial charge in [-0.2, -0.15) is 0 Å². The molecule has 0 atom stereocenters. The lowest BCUT2D eigenvalue weighted by molar-refractivity contribution is -0.136. The molecule has 0 saturated heterocycles. The number of carbonyl (C=O) groups is 1. The van der Waals surface area contributed by atoms with E-state index in [0.717, 1.165) is 28.0 Å². The fourth-order valence-corrected chi connectivity index (χ4v) is 2.61. The highest BCUT2D eigenvalue weighted by Gasteiger charge is 2.11. The van der Waals surface area contributed by atoms with E-state index in [9.17, 15) is 4.79 Å². The van der Waals surface area contributed by atoms with E-state index in [4.69, 9.17) is 5.11 Å². The summed E-state index contributed by atoms with van der Waals surface area (Å²) < 4.78 is 2.12. The van der Waals surface area contributed by atoms with Gasteiger partial charge in [0.2, 0.25) is 0 Å². The first-order valence-corrected chi connectivity index (χ1v) is 6.85. The van der Waals surface area contributed by atoms with Gasteiger partial charge in [0.05, 0.1) is 17.5 Å². The zero-order valence-electron chi connectivity index (χ0n) is 11.8. The van der Waals surface area contributed by atoms with Gasteiger partial charge in [-0.25, -0.2) is 4.98 Å². The van der Waals surface area contributed by atoms with Crippen molar-refractivity contribution in [1.29, 1.82) is 0 Å². The van der Waals surface area contributed by atoms with E-state index >= 15 is 0 Å². The Hall–Kier alpha value is -2.62. The Kier molecular flexibility index (Phi) is 3.44. The fraction of sp³-hybridized carbons (Fsp3) is 0.176. The smallest absolute Gasteiger partial charge is 0.307 e. The number of imidazole rings is 1. The van der Waals surface area contributed by atoms with Crippen molar-refractivity contribution in [2.75, 3.05) is 0 Å². The van der Waals surface area contributed by atoms with Crippen LogP contribution in [-0.2, 0) is 17.8 Å². The molecule has 0 radical (unpaired) electrons. The van der Waals surface area contributed by atoms with Crippen molar-refractivity contribution in [3.63, 3.8) is 0 Å². The van der Waals surface area contributed by atoms with Crippen LogP contribution in [0.5, 0.6) is 0 Å². The number of carboxylic acid groups (broad SMARTS) is 1. The molecule has 0 aliphatic heterocycles. The van der Waals surface area contributed by atoms with Crippen LogP contribution in [0.2, 0.25) is 0 Å². The summed E-state index contributed by atoms with van der Waals surface area (Å²) in [4.78, 5) is 15.5. The fourth-order valence-electron chi connectivity index (χ4n) is 2.61. The Morgan fingerprint density at radius 2 is 1.76 bits per heavy atom. The Bertz CT molecular complexity index is 805. The second kappa shape index (κ2) is 5.40. The van der Waals surface area contributed by atoms with Crippen LogP contribution < -0.4 is 0 Å². The van der Waals surface area contributed by atoms with E-state index in [1.807, 2.05) is 55.5 Å². The molecule has 3 aromatic rings. The van der Waals surface area contributed by atoms with Gasteiger partial charge in [0.25, 0.3) is 0 Å². The van der Waals surface area contributed by atoms with Crippen LogP contribution in [-0.4, -0.2) is 20.6 Å². The van der Waals surface area contributed by atoms with Gasteiger partial charge in [0.1, 0.15) is 5.82 Å². The summed E-state index contributed by atoms with van der Waals surface area (Å²) in [5.74, 6) is 0.121. The Morgan fingerprint density at radius 1 is 1.10 bits per heavy atom. The molecule has 0 unspecified atom stereocenters. The van der Waals surface area contributed by atoms with Crippen molar-refractivity contribution >= 4 is 17.0 Å². The van der Waals surface area contributed by atoms with Gasteiger partial charge in [0, 0.05) is 6.54 Å². The Labute approximate surface area is 122 Å². The highest BCUT2D eigenvalue weighted by atomic mass is 16.4. The number of fused-ring (bicyclic) bond motifs is 1. The van der Waals surface area contributed by atoms with E-state index < -0.39 is 5.97 Å². The number of para-hydroxylation sites is 2. The largest absolute Gasteiger partial charge is 0.481 e. The first kappa shape index (κ1) is 13.4. The molecule has 0 bridgehead atoms. The standard InChI is InChI=1S/C17H16N2O2/c1-12-18-15-8-4-5-9-16(15)19(12)11-14-7-3-2-6-13(14)10-17(20)21/h2-9H,10-11H2,1H3,(H,20,21). The van der Waals surface area contributed by atoms with Crippen molar-refractivity contribution in [2.45, 2.75) is 19.9 Å². The van der Waals surface area contributed by atoms with Gasteiger partial charge in [-0.3, -0.25) is 4.79 Å². The third-order valence-corrected chi connectivity index (χ3v) is 3.63. The zero-order chi connectivity index (χ0) is 14.8. The third-order valence-electron chi connectivity index (χ3n) is 3.63. The number of hydrogen-bond donors (Lipinski definition) is 1. The first-order chi connectivity index (χ1) is 10.1. The van der Waals surface area contributed by atoms with Gasteiger partial charge in [-0.05, 0) is 30.2 Å². The Balaban J connectivity index is 2.03. The maximum absolute atomic E-state index is 11.0. The molecule has 1 N–H and O–H groups in total. The summed E-state index contributed by atoms with van der Waals surface area (Å²) in [6.45, 7) is 2.61. The minimum absolute atomic E-state index is 0.0435. The molecule has 21 heavy (non-hydrogen) atoms. The van der Waals surface area contributed by atoms with Crippen LogP contribution in [0.25, 0.3) is 11.0 Å². The summed E-state index contributed by atoms with van der Waals surface area (Å²) in [6, 6.07) is 15.7. The summed E-state index contributed by atoms with van der Waals surface area (Å²) in [5, 5.41) is 9.02. The quantitative estimate of drug-likeness (QED) is 0.799. The van der Waals surface area contributed by atoms with Crippen LogP contribution in [0, 0.1) is 6.92 Å². The minimum atomic E-state index is -0.810. The third kappa shape index (κ3) is 2.65. The SMILES string of the molecule is Cc1nc2ccccc2n1Cc1ccccc1CC(=O)O. The highest BCUT2D eigenvalue weighted by Crippen LogP contribution is 2.19. The second-order valence-corrected chi connectivity index (χ2v) is 5.07. The van der Waals surface area contributed by atoms with Crippen molar-refractivity contribution in [3.8, 4) is 0 Å².